The van der Waals surface area contributed by atoms with Crippen LogP contribution in [0, 0.1) is 5.82 Å². The van der Waals surface area contributed by atoms with E-state index < -0.39 is 5.82 Å². The van der Waals surface area contributed by atoms with Crippen molar-refractivity contribution >= 4 is 34.0 Å². The molecule has 2 heterocycles. The first-order valence-corrected chi connectivity index (χ1v) is 9.80. The van der Waals surface area contributed by atoms with Crippen LogP contribution in [-0.2, 0) is 4.74 Å². The molecule has 1 aliphatic rings. The number of hydrogen-bond donors (Lipinski definition) is 1. The van der Waals surface area contributed by atoms with Crippen LogP contribution in [0.2, 0.25) is 5.02 Å². The summed E-state index contributed by atoms with van der Waals surface area (Å²) in [6.07, 6.45) is 2.14. The number of nitrogens with zero attached hydrogens (tertiary/aromatic N) is 2. The predicted octanol–water partition coefficient (Wildman–Crippen LogP) is 5.12. The summed E-state index contributed by atoms with van der Waals surface area (Å²) >= 11 is 5.89. The lowest BCUT2D eigenvalue weighted by molar-refractivity contribution is 0.135. The number of aromatic nitrogens is 2. The van der Waals surface area contributed by atoms with Crippen molar-refractivity contribution in [2.24, 2.45) is 0 Å². The van der Waals surface area contributed by atoms with Crippen LogP contribution < -0.4 is 14.8 Å². The van der Waals surface area contributed by atoms with Crippen LogP contribution in [0.15, 0.2) is 36.7 Å². The third-order valence-electron chi connectivity index (χ3n) is 4.45. The van der Waals surface area contributed by atoms with Crippen molar-refractivity contribution in [3.8, 4) is 11.5 Å². The van der Waals surface area contributed by atoms with Gasteiger partial charge in [0.25, 0.3) is 0 Å². The summed E-state index contributed by atoms with van der Waals surface area (Å²) in [4.78, 5) is 8.62. The second-order valence-electron chi connectivity index (χ2n) is 7.03. The van der Waals surface area contributed by atoms with Gasteiger partial charge in [0.15, 0.2) is 17.3 Å². The minimum atomic E-state index is -0.541. The molecule has 1 fully saturated rings. The third-order valence-corrected chi connectivity index (χ3v) is 4.74. The van der Waals surface area contributed by atoms with Crippen LogP contribution in [0.1, 0.15) is 20.3 Å². The van der Waals surface area contributed by atoms with E-state index in [1.54, 1.807) is 12.1 Å². The van der Waals surface area contributed by atoms with Gasteiger partial charge in [-0.05, 0) is 32.0 Å². The zero-order valence-corrected chi connectivity index (χ0v) is 16.9. The summed E-state index contributed by atoms with van der Waals surface area (Å²) in [7, 11) is 0. The Kier molecular flexibility index (Phi) is 5.69. The van der Waals surface area contributed by atoms with E-state index >= 15 is 0 Å². The van der Waals surface area contributed by atoms with Crippen LogP contribution in [0.3, 0.4) is 0 Å². The molecular weight excluding hydrogens is 397 g/mol. The van der Waals surface area contributed by atoms with Gasteiger partial charge >= 0.3 is 0 Å². The maximum absolute atomic E-state index is 14.3. The van der Waals surface area contributed by atoms with Gasteiger partial charge < -0.3 is 19.5 Å². The van der Waals surface area contributed by atoms with Crippen molar-refractivity contribution < 1.29 is 18.6 Å². The number of nitrogens with one attached hydrogen (secondary N) is 1. The fourth-order valence-corrected chi connectivity index (χ4v) is 3.29. The number of fused-ring (bicyclic) bond motifs is 1. The summed E-state index contributed by atoms with van der Waals surface area (Å²) in [5, 5.41) is 3.72. The van der Waals surface area contributed by atoms with Crippen molar-refractivity contribution in [2.45, 2.75) is 32.5 Å². The summed E-state index contributed by atoms with van der Waals surface area (Å²) in [6.45, 7) is 5.09. The van der Waals surface area contributed by atoms with Crippen LogP contribution in [0.25, 0.3) is 10.9 Å². The minimum Gasteiger partial charge on any atom is -0.487 e. The topological polar surface area (TPSA) is 65.5 Å². The zero-order valence-electron chi connectivity index (χ0n) is 16.1. The SMILES string of the molecule is CC(C)Oc1cc2ncnc(Nc3cccc(Cl)c3F)c2cc1OC1CCOC1. The molecule has 1 aromatic heterocycles. The quantitative estimate of drug-likeness (QED) is 0.600. The number of anilines is 2. The molecular formula is C21H21ClFN3O3. The first-order chi connectivity index (χ1) is 14.0. The van der Waals surface area contributed by atoms with Crippen molar-refractivity contribution in [2.75, 3.05) is 18.5 Å². The van der Waals surface area contributed by atoms with Gasteiger partial charge in [0, 0.05) is 17.9 Å². The lowest BCUT2D eigenvalue weighted by Crippen LogP contribution is -2.17. The van der Waals surface area contributed by atoms with Gasteiger partial charge in [0.1, 0.15) is 18.2 Å². The van der Waals surface area contributed by atoms with Gasteiger partial charge in [-0.3, -0.25) is 0 Å². The third kappa shape index (κ3) is 4.36. The zero-order chi connectivity index (χ0) is 20.4. The Morgan fingerprint density at radius 2 is 2.10 bits per heavy atom. The fraction of sp³-hybridized carbons (Fsp3) is 0.333. The van der Waals surface area contributed by atoms with E-state index in [0.29, 0.717) is 41.4 Å². The van der Waals surface area contributed by atoms with Crippen LogP contribution in [0.4, 0.5) is 15.9 Å². The summed E-state index contributed by atoms with van der Waals surface area (Å²) < 4.78 is 31.8. The molecule has 1 aliphatic heterocycles. The molecule has 4 rings (SSSR count). The highest BCUT2D eigenvalue weighted by atomic mass is 35.5. The highest BCUT2D eigenvalue weighted by molar-refractivity contribution is 6.31. The van der Waals surface area contributed by atoms with Gasteiger partial charge in [-0.2, -0.15) is 0 Å². The van der Waals surface area contributed by atoms with Gasteiger partial charge in [-0.1, -0.05) is 17.7 Å². The molecule has 3 aromatic rings. The van der Waals surface area contributed by atoms with Crippen molar-refractivity contribution in [3.63, 3.8) is 0 Å². The lowest BCUT2D eigenvalue weighted by Gasteiger charge is -2.19. The predicted molar refractivity (Wildman–Crippen MR) is 110 cm³/mol. The van der Waals surface area contributed by atoms with Crippen molar-refractivity contribution in [3.05, 3.63) is 47.5 Å². The Bertz CT molecular complexity index is 1030. The highest BCUT2D eigenvalue weighted by Crippen LogP contribution is 2.37. The van der Waals surface area contributed by atoms with Gasteiger partial charge in [0.05, 0.1) is 35.5 Å². The standard InChI is InChI=1S/C21H21ClFN3O3/c1-12(2)28-19-9-17-14(8-18(19)29-13-6-7-27-10-13)21(25-11-24-17)26-16-5-3-4-15(22)20(16)23/h3-5,8-9,11-13H,6-7,10H2,1-2H3,(H,24,25,26). The number of hydrogen-bond acceptors (Lipinski definition) is 6. The lowest BCUT2D eigenvalue weighted by atomic mass is 10.2. The first kappa shape index (κ1) is 19.7. The first-order valence-electron chi connectivity index (χ1n) is 9.42. The number of ether oxygens (including phenoxy) is 3. The van der Waals surface area contributed by atoms with E-state index in [4.69, 9.17) is 25.8 Å². The van der Waals surface area contributed by atoms with Crippen molar-refractivity contribution in [1.29, 1.82) is 0 Å². The molecule has 0 bridgehead atoms. The highest BCUT2D eigenvalue weighted by Gasteiger charge is 2.21. The second kappa shape index (κ2) is 8.39. The smallest absolute Gasteiger partial charge is 0.165 e. The van der Waals surface area contributed by atoms with E-state index in [9.17, 15) is 4.39 Å². The van der Waals surface area contributed by atoms with Gasteiger partial charge in [0.2, 0.25) is 0 Å². The van der Waals surface area contributed by atoms with Gasteiger partial charge in [-0.15, -0.1) is 0 Å². The summed E-state index contributed by atoms with van der Waals surface area (Å²) in [5.41, 5.74) is 0.877. The van der Waals surface area contributed by atoms with E-state index in [1.165, 1.54) is 12.4 Å². The van der Waals surface area contributed by atoms with Gasteiger partial charge in [-0.25, -0.2) is 14.4 Å². The molecule has 1 saturated heterocycles. The maximum Gasteiger partial charge on any atom is 0.165 e. The molecule has 1 N–H and O–H groups in total. The molecule has 1 unspecified atom stereocenters. The molecule has 1 atom stereocenters. The molecule has 0 saturated carbocycles. The van der Waals surface area contributed by atoms with E-state index in [1.807, 2.05) is 26.0 Å². The average Bonchev–Trinajstić information content (AvgIpc) is 3.19. The molecule has 0 spiro atoms. The Morgan fingerprint density at radius 1 is 1.24 bits per heavy atom. The molecule has 29 heavy (non-hydrogen) atoms. The normalized spacial score (nSPS) is 16.4. The Morgan fingerprint density at radius 3 is 2.86 bits per heavy atom. The Hall–Kier alpha value is -2.64. The minimum absolute atomic E-state index is 0.0328. The molecule has 8 heteroatoms. The average molecular weight is 418 g/mol. The monoisotopic (exact) mass is 417 g/mol. The molecule has 152 valence electrons. The van der Waals surface area contributed by atoms with Crippen LogP contribution >= 0.6 is 11.6 Å². The molecule has 0 amide bonds. The molecule has 0 radical (unpaired) electrons. The number of rotatable bonds is 6. The van der Waals surface area contributed by atoms with Crippen LogP contribution in [0.5, 0.6) is 11.5 Å². The number of benzene rings is 2. The fourth-order valence-electron chi connectivity index (χ4n) is 3.12. The van der Waals surface area contributed by atoms with E-state index in [2.05, 4.69) is 15.3 Å². The molecule has 2 aromatic carbocycles. The van der Waals surface area contributed by atoms with E-state index in [0.717, 1.165) is 6.42 Å². The molecule has 0 aliphatic carbocycles. The van der Waals surface area contributed by atoms with Crippen LogP contribution in [-0.4, -0.2) is 35.4 Å². The summed E-state index contributed by atoms with van der Waals surface area (Å²) in [5.74, 6) is 1.07. The maximum atomic E-state index is 14.3. The molecule has 6 nitrogen and oxygen atoms in total. The largest absolute Gasteiger partial charge is 0.487 e. The number of halogens is 2. The second-order valence-corrected chi connectivity index (χ2v) is 7.44. The van der Waals surface area contributed by atoms with E-state index in [-0.39, 0.29) is 22.9 Å². The summed E-state index contributed by atoms with van der Waals surface area (Å²) in [6, 6.07) is 8.38. The Labute approximate surface area is 173 Å². The van der Waals surface area contributed by atoms with Crippen molar-refractivity contribution in [1.82, 2.24) is 9.97 Å². The Balaban J connectivity index is 1.76.